The molecule has 2 heterocycles. The quantitative estimate of drug-likeness (QED) is 0.714. The van der Waals surface area contributed by atoms with Crippen molar-refractivity contribution in [1.29, 1.82) is 0 Å². The minimum absolute atomic E-state index is 0.100. The summed E-state index contributed by atoms with van der Waals surface area (Å²) in [5.74, 6) is 0.446. The Morgan fingerprint density at radius 2 is 2.20 bits per heavy atom. The number of fused-ring (bicyclic) bond motifs is 1. The van der Waals surface area contributed by atoms with E-state index >= 15 is 0 Å². The summed E-state index contributed by atoms with van der Waals surface area (Å²) in [4.78, 5) is 0. The highest BCUT2D eigenvalue weighted by molar-refractivity contribution is 9.10. The third kappa shape index (κ3) is 3.86. The second-order valence-corrected chi connectivity index (χ2v) is 9.86. The zero-order valence-electron chi connectivity index (χ0n) is 14.5. The standard InChI is InChI=1S/C19H23BrO4S/c1-3-13-11-25(22,23)18-10-24-17(19(13)18)7-4-12(2)8-14-9-15(20)5-6-16(14)21/h5-6,8-9,17-18,21H,3-4,7,10-11H2,1-2H3/b12-8+/t17-,18+/m1/s1. The van der Waals surface area contributed by atoms with E-state index in [9.17, 15) is 13.5 Å². The smallest absolute Gasteiger partial charge is 0.163 e. The van der Waals surface area contributed by atoms with E-state index in [1.165, 1.54) is 0 Å². The van der Waals surface area contributed by atoms with Crippen molar-refractivity contribution >= 4 is 31.8 Å². The molecule has 3 rings (SSSR count). The molecule has 0 aromatic heterocycles. The normalized spacial score (nSPS) is 25.5. The maximum absolute atomic E-state index is 12.2. The molecule has 1 saturated heterocycles. The van der Waals surface area contributed by atoms with Gasteiger partial charge in [0, 0.05) is 10.0 Å². The predicted molar refractivity (Wildman–Crippen MR) is 103 cm³/mol. The number of ether oxygens (including phenoxy) is 1. The molecular weight excluding hydrogens is 404 g/mol. The van der Waals surface area contributed by atoms with Gasteiger partial charge in [0.25, 0.3) is 0 Å². The molecule has 2 aliphatic rings. The van der Waals surface area contributed by atoms with Crippen LogP contribution in [0, 0.1) is 0 Å². The molecule has 4 nitrogen and oxygen atoms in total. The average molecular weight is 427 g/mol. The first-order chi connectivity index (χ1) is 11.8. The van der Waals surface area contributed by atoms with Gasteiger partial charge in [-0.05, 0) is 50.0 Å². The fourth-order valence-electron chi connectivity index (χ4n) is 3.65. The van der Waals surface area contributed by atoms with Crippen molar-refractivity contribution in [2.45, 2.75) is 44.5 Å². The predicted octanol–water partition coefficient (Wildman–Crippen LogP) is 4.24. The van der Waals surface area contributed by atoms with Crippen molar-refractivity contribution in [1.82, 2.24) is 0 Å². The lowest BCUT2D eigenvalue weighted by atomic mass is 9.96. The van der Waals surface area contributed by atoms with Gasteiger partial charge < -0.3 is 9.84 Å². The van der Waals surface area contributed by atoms with Crippen LogP contribution in [0.15, 0.2) is 39.4 Å². The molecule has 1 N–H and O–H groups in total. The summed E-state index contributed by atoms with van der Waals surface area (Å²) in [5, 5.41) is 9.52. The summed E-state index contributed by atoms with van der Waals surface area (Å²) in [6.45, 7) is 4.32. The number of sulfone groups is 1. The minimum atomic E-state index is -3.07. The van der Waals surface area contributed by atoms with Crippen LogP contribution in [0.2, 0.25) is 0 Å². The van der Waals surface area contributed by atoms with Crippen LogP contribution in [0.25, 0.3) is 6.08 Å². The lowest BCUT2D eigenvalue weighted by molar-refractivity contribution is 0.117. The first kappa shape index (κ1) is 18.7. The number of phenols is 1. The molecule has 6 heteroatoms. The summed E-state index contributed by atoms with van der Waals surface area (Å²) in [6.07, 6.45) is 4.20. The van der Waals surface area contributed by atoms with Gasteiger partial charge in [-0.3, -0.25) is 0 Å². The van der Waals surface area contributed by atoms with E-state index < -0.39 is 15.1 Å². The second-order valence-electron chi connectivity index (χ2n) is 6.76. The van der Waals surface area contributed by atoms with Crippen molar-refractivity contribution < 1.29 is 18.3 Å². The van der Waals surface area contributed by atoms with Crippen LogP contribution in [0.5, 0.6) is 5.75 Å². The summed E-state index contributed by atoms with van der Waals surface area (Å²) in [7, 11) is -3.07. The molecule has 25 heavy (non-hydrogen) atoms. The summed E-state index contributed by atoms with van der Waals surface area (Å²) < 4.78 is 31.2. The fourth-order valence-corrected chi connectivity index (χ4v) is 6.08. The van der Waals surface area contributed by atoms with Gasteiger partial charge in [0.15, 0.2) is 9.84 Å². The van der Waals surface area contributed by atoms with Crippen LogP contribution >= 0.6 is 15.9 Å². The van der Waals surface area contributed by atoms with Gasteiger partial charge in [-0.1, -0.05) is 40.1 Å². The van der Waals surface area contributed by atoms with Crippen LogP contribution in [0.4, 0.5) is 0 Å². The maximum Gasteiger partial charge on any atom is 0.163 e. The molecular formula is C19H23BrO4S. The highest BCUT2D eigenvalue weighted by Gasteiger charge is 2.46. The molecule has 1 fully saturated rings. The largest absolute Gasteiger partial charge is 0.507 e. The zero-order valence-corrected chi connectivity index (χ0v) is 16.9. The number of aromatic hydroxyl groups is 1. The van der Waals surface area contributed by atoms with Crippen LogP contribution < -0.4 is 0 Å². The maximum atomic E-state index is 12.2. The second kappa shape index (κ2) is 7.25. The van der Waals surface area contributed by atoms with Crippen molar-refractivity contribution in [3.63, 3.8) is 0 Å². The molecule has 0 radical (unpaired) electrons. The van der Waals surface area contributed by atoms with Crippen molar-refractivity contribution in [3.8, 4) is 5.75 Å². The third-order valence-corrected chi connectivity index (χ3v) is 7.48. The Morgan fingerprint density at radius 3 is 2.92 bits per heavy atom. The van der Waals surface area contributed by atoms with E-state index in [4.69, 9.17) is 4.74 Å². The van der Waals surface area contributed by atoms with Crippen LogP contribution in [-0.2, 0) is 14.6 Å². The van der Waals surface area contributed by atoms with E-state index in [2.05, 4.69) is 15.9 Å². The molecule has 0 bridgehead atoms. The summed E-state index contributed by atoms with van der Waals surface area (Å²) in [5.41, 5.74) is 3.95. The molecule has 1 aromatic rings. The highest BCUT2D eigenvalue weighted by Crippen LogP contribution is 2.39. The number of phenolic OH excluding ortho intramolecular Hbond substituents is 1. The van der Waals surface area contributed by atoms with Crippen LogP contribution in [-0.4, -0.2) is 37.2 Å². The topological polar surface area (TPSA) is 63.6 Å². The number of hydrogen-bond donors (Lipinski definition) is 1. The molecule has 0 unspecified atom stereocenters. The Kier molecular flexibility index (Phi) is 5.42. The SMILES string of the molecule is CCC1=C2[C@@H](CC/C(C)=C/c3cc(Br)ccc3O)OC[C@@H]2S(=O)(=O)C1. The van der Waals surface area contributed by atoms with Gasteiger partial charge >= 0.3 is 0 Å². The summed E-state index contributed by atoms with van der Waals surface area (Å²) >= 11 is 3.41. The van der Waals surface area contributed by atoms with Gasteiger partial charge in [0.1, 0.15) is 11.0 Å². The molecule has 1 aromatic carbocycles. The highest BCUT2D eigenvalue weighted by atomic mass is 79.9. The monoisotopic (exact) mass is 426 g/mol. The number of allylic oxidation sites excluding steroid dienone is 1. The number of benzene rings is 1. The average Bonchev–Trinajstić information content (AvgIpc) is 3.09. The molecule has 0 aliphatic carbocycles. The van der Waals surface area contributed by atoms with Crippen molar-refractivity contribution in [2.75, 3.05) is 12.4 Å². The molecule has 0 saturated carbocycles. The first-order valence-corrected chi connectivity index (χ1v) is 11.0. The van der Waals surface area contributed by atoms with E-state index in [1.807, 2.05) is 26.0 Å². The molecule has 0 amide bonds. The number of hydrogen-bond acceptors (Lipinski definition) is 4. The zero-order chi connectivity index (χ0) is 18.2. The third-order valence-electron chi connectivity index (χ3n) is 4.98. The van der Waals surface area contributed by atoms with Gasteiger partial charge in [-0.2, -0.15) is 0 Å². The number of halogens is 1. The Bertz CT molecular complexity index is 839. The van der Waals surface area contributed by atoms with E-state index in [0.29, 0.717) is 6.61 Å². The molecule has 136 valence electrons. The first-order valence-electron chi connectivity index (χ1n) is 8.52. The lowest BCUT2D eigenvalue weighted by Crippen LogP contribution is -2.19. The summed E-state index contributed by atoms with van der Waals surface area (Å²) in [6, 6.07) is 5.34. The van der Waals surface area contributed by atoms with Gasteiger partial charge in [0.2, 0.25) is 0 Å². The molecule has 0 spiro atoms. The van der Waals surface area contributed by atoms with Gasteiger partial charge in [-0.25, -0.2) is 8.42 Å². The lowest BCUT2D eigenvalue weighted by Gasteiger charge is -2.13. The number of rotatable bonds is 5. The van der Waals surface area contributed by atoms with Gasteiger partial charge in [-0.15, -0.1) is 0 Å². The van der Waals surface area contributed by atoms with Crippen molar-refractivity contribution in [2.24, 2.45) is 0 Å². The Morgan fingerprint density at radius 1 is 1.44 bits per heavy atom. The van der Waals surface area contributed by atoms with Gasteiger partial charge in [0.05, 0.1) is 18.5 Å². The van der Waals surface area contributed by atoms with Crippen LogP contribution in [0.1, 0.15) is 38.7 Å². The molecule has 2 atom stereocenters. The fraction of sp³-hybridized carbons (Fsp3) is 0.474. The Balaban J connectivity index is 1.72. The Labute approximate surface area is 157 Å². The van der Waals surface area contributed by atoms with E-state index in [-0.39, 0.29) is 17.6 Å². The van der Waals surface area contributed by atoms with E-state index in [0.717, 1.165) is 46.0 Å². The van der Waals surface area contributed by atoms with Crippen molar-refractivity contribution in [3.05, 3.63) is 45.0 Å². The Hall–Kier alpha value is -1.11. The molecule has 2 aliphatic heterocycles. The van der Waals surface area contributed by atoms with E-state index in [1.54, 1.807) is 12.1 Å². The van der Waals surface area contributed by atoms with Crippen LogP contribution in [0.3, 0.4) is 0 Å². The minimum Gasteiger partial charge on any atom is -0.507 e.